The van der Waals surface area contributed by atoms with E-state index in [0.29, 0.717) is 0 Å². The third kappa shape index (κ3) is 3.27. The van der Waals surface area contributed by atoms with Gasteiger partial charge in [0.25, 0.3) is 0 Å². The maximum Gasteiger partial charge on any atom is 0.0338 e. The summed E-state index contributed by atoms with van der Waals surface area (Å²) in [6.45, 7) is 2.18. The van der Waals surface area contributed by atoms with Gasteiger partial charge in [0.05, 0.1) is 0 Å². The van der Waals surface area contributed by atoms with E-state index in [1.54, 1.807) is 11.8 Å². The molecule has 0 bridgehead atoms. The summed E-state index contributed by atoms with van der Waals surface area (Å²) < 4.78 is 0. The molecule has 0 aliphatic rings. The van der Waals surface area contributed by atoms with E-state index in [2.05, 4.69) is 60.8 Å². The number of hydrogen-bond acceptors (Lipinski definition) is 2. The molecule has 0 amide bonds. The van der Waals surface area contributed by atoms with Crippen molar-refractivity contribution in [2.24, 2.45) is 0 Å². The average Bonchev–Trinajstić information content (AvgIpc) is 2.40. The average molecular weight is 243 g/mol. The zero-order chi connectivity index (χ0) is 12.1. The molecule has 0 aliphatic heterocycles. The lowest BCUT2D eigenvalue weighted by Gasteiger charge is -2.04. The SMILES string of the molecule is CCc1ccc(Sc2ccc(NC)cc2)cc1. The van der Waals surface area contributed by atoms with Crippen molar-refractivity contribution in [2.75, 3.05) is 12.4 Å². The summed E-state index contributed by atoms with van der Waals surface area (Å²) in [5, 5.41) is 3.12. The highest BCUT2D eigenvalue weighted by molar-refractivity contribution is 7.99. The second kappa shape index (κ2) is 5.78. The van der Waals surface area contributed by atoms with Crippen LogP contribution >= 0.6 is 11.8 Å². The van der Waals surface area contributed by atoms with Crippen LogP contribution in [0.3, 0.4) is 0 Å². The van der Waals surface area contributed by atoms with Crippen LogP contribution in [0.4, 0.5) is 5.69 Å². The maximum atomic E-state index is 3.12. The van der Waals surface area contributed by atoms with Crippen molar-refractivity contribution in [2.45, 2.75) is 23.1 Å². The lowest BCUT2D eigenvalue weighted by molar-refractivity contribution is 1.13. The van der Waals surface area contributed by atoms with Gasteiger partial charge in [-0.3, -0.25) is 0 Å². The Morgan fingerprint density at radius 3 is 1.88 bits per heavy atom. The van der Waals surface area contributed by atoms with E-state index in [-0.39, 0.29) is 0 Å². The van der Waals surface area contributed by atoms with Gasteiger partial charge in [-0.05, 0) is 48.4 Å². The van der Waals surface area contributed by atoms with Gasteiger partial charge in [0.2, 0.25) is 0 Å². The van der Waals surface area contributed by atoms with Gasteiger partial charge >= 0.3 is 0 Å². The molecule has 88 valence electrons. The van der Waals surface area contributed by atoms with Gasteiger partial charge < -0.3 is 5.32 Å². The van der Waals surface area contributed by atoms with Crippen molar-refractivity contribution in [3.63, 3.8) is 0 Å². The number of rotatable bonds is 4. The molecule has 0 saturated heterocycles. The second-order valence-electron chi connectivity index (χ2n) is 3.87. The minimum atomic E-state index is 1.10. The first-order chi connectivity index (χ1) is 8.31. The summed E-state index contributed by atoms with van der Waals surface area (Å²) in [6.07, 6.45) is 1.10. The van der Waals surface area contributed by atoms with Gasteiger partial charge in [-0.25, -0.2) is 0 Å². The number of nitrogens with one attached hydrogen (secondary N) is 1. The molecule has 0 saturated carbocycles. The Kier molecular flexibility index (Phi) is 4.10. The Labute approximate surface area is 107 Å². The van der Waals surface area contributed by atoms with E-state index in [1.807, 2.05) is 7.05 Å². The fourth-order valence-electron chi connectivity index (χ4n) is 1.62. The van der Waals surface area contributed by atoms with Crippen LogP contribution in [0, 0.1) is 0 Å². The van der Waals surface area contributed by atoms with Crippen LogP contribution in [0.2, 0.25) is 0 Å². The topological polar surface area (TPSA) is 12.0 Å². The Bertz CT molecular complexity index is 414. The van der Waals surface area contributed by atoms with Crippen LogP contribution in [-0.2, 0) is 6.42 Å². The zero-order valence-electron chi connectivity index (χ0n) is 10.2. The monoisotopic (exact) mass is 243 g/mol. The van der Waals surface area contributed by atoms with Crippen LogP contribution in [0.25, 0.3) is 0 Å². The zero-order valence-corrected chi connectivity index (χ0v) is 11.1. The molecule has 0 aromatic heterocycles. The van der Waals surface area contributed by atoms with Crippen molar-refractivity contribution in [1.82, 2.24) is 0 Å². The summed E-state index contributed by atoms with van der Waals surface area (Å²) in [5.41, 5.74) is 2.54. The lowest BCUT2D eigenvalue weighted by Crippen LogP contribution is -1.86. The van der Waals surface area contributed by atoms with Crippen molar-refractivity contribution in [1.29, 1.82) is 0 Å². The van der Waals surface area contributed by atoms with Crippen LogP contribution in [0.5, 0.6) is 0 Å². The van der Waals surface area contributed by atoms with Crippen molar-refractivity contribution >= 4 is 17.4 Å². The smallest absolute Gasteiger partial charge is 0.0338 e. The fourth-order valence-corrected chi connectivity index (χ4v) is 2.44. The maximum absolute atomic E-state index is 3.12. The van der Waals surface area contributed by atoms with Gasteiger partial charge in [0.15, 0.2) is 0 Å². The molecule has 0 atom stereocenters. The highest BCUT2D eigenvalue weighted by Crippen LogP contribution is 2.28. The van der Waals surface area contributed by atoms with Gasteiger partial charge in [0.1, 0.15) is 0 Å². The molecular weight excluding hydrogens is 226 g/mol. The van der Waals surface area contributed by atoms with E-state index in [0.717, 1.165) is 12.1 Å². The first kappa shape index (κ1) is 12.1. The number of aryl methyl sites for hydroxylation is 1. The number of benzene rings is 2. The predicted molar refractivity (Wildman–Crippen MR) is 75.9 cm³/mol. The molecule has 0 heterocycles. The predicted octanol–water partition coefficient (Wildman–Crippen LogP) is 4.44. The molecule has 2 rings (SSSR count). The summed E-state index contributed by atoms with van der Waals surface area (Å²) in [7, 11) is 1.94. The highest BCUT2D eigenvalue weighted by atomic mass is 32.2. The summed E-state index contributed by atoms with van der Waals surface area (Å²) in [4.78, 5) is 2.56. The molecule has 0 aliphatic carbocycles. The van der Waals surface area contributed by atoms with Crippen molar-refractivity contribution in [3.8, 4) is 0 Å². The molecule has 2 heteroatoms. The Morgan fingerprint density at radius 2 is 1.41 bits per heavy atom. The number of anilines is 1. The van der Waals surface area contributed by atoms with Gasteiger partial charge in [0, 0.05) is 22.5 Å². The van der Waals surface area contributed by atoms with Crippen molar-refractivity contribution in [3.05, 3.63) is 54.1 Å². The Hall–Kier alpha value is -1.41. The van der Waals surface area contributed by atoms with Crippen LogP contribution in [0.15, 0.2) is 58.3 Å². The number of hydrogen-bond donors (Lipinski definition) is 1. The van der Waals surface area contributed by atoms with Gasteiger partial charge in [-0.15, -0.1) is 0 Å². The molecule has 0 spiro atoms. The fraction of sp³-hybridized carbons (Fsp3) is 0.200. The van der Waals surface area contributed by atoms with E-state index in [1.165, 1.54) is 15.4 Å². The molecular formula is C15H17NS. The quantitative estimate of drug-likeness (QED) is 0.852. The summed E-state index contributed by atoms with van der Waals surface area (Å²) >= 11 is 1.80. The first-order valence-corrected chi connectivity index (χ1v) is 6.68. The molecule has 2 aromatic carbocycles. The molecule has 2 aromatic rings. The molecule has 0 unspecified atom stereocenters. The van der Waals surface area contributed by atoms with E-state index in [9.17, 15) is 0 Å². The standard InChI is InChI=1S/C15H17NS/c1-3-12-4-8-14(9-5-12)17-15-10-6-13(16-2)7-11-15/h4-11,16H,3H2,1-2H3. The molecule has 1 N–H and O–H groups in total. The third-order valence-corrected chi connectivity index (χ3v) is 3.73. The molecule has 1 nitrogen and oxygen atoms in total. The summed E-state index contributed by atoms with van der Waals surface area (Å²) in [5.74, 6) is 0. The van der Waals surface area contributed by atoms with E-state index >= 15 is 0 Å². The van der Waals surface area contributed by atoms with Gasteiger partial charge in [-0.2, -0.15) is 0 Å². The molecule has 0 radical (unpaired) electrons. The molecule has 17 heavy (non-hydrogen) atoms. The summed E-state index contributed by atoms with van der Waals surface area (Å²) in [6, 6.07) is 17.3. The minimum Gasteiger partial charge on any atom is -0.388 e. The van der Waals surface area contributed by atoms with Gasteiger partial charge in [-0.1, -0.05) is 30.8 Å². The first-order valence-electron chi connectivity index (χ1n) is 5.86. The molecule has 0 fully saturated rings. The van der Waals surface area contributed by atoms with E-state index < -0.39 is 0 Å². The van der Waals surface area contributed by atoms with Crippen LogP contribution in [0.1, 0.15) is 12.5 Å². The van der Waals surface area contributed by atoms with Crippen LogP contribution < -0.4 is 5.32 Å². The highest BCUT2D eigenvalue weighted by Gasteiger charge is 1.97. The second-order valence-corrected chi connectivity index (χ2v) is 5.02. The van der Waals surface area contributed by atoms with Crippen LogP contribution in [-0.4, -0.2) is 7.05 Å². The minimum absolute atomic E-state index is 1.10. The largest absolute Gasteiger partial charge is 0.388 e. The Morgan fingerprint density at radius 1 is 0.882 bits per heavy atom. The lowest BCUT2D eigenvalue weighted by atomic mass is 10.2. The Balaban J connectivity index is 2.08. The van der Waals surface area contributed by atoms with E-state index in [4.69, 9.17) is 0 Å². The normalized spacial score (nSPS) is 10.2. The van der Waals surface area contributed by atoms with Crippen molar-refractivity contribution < 1.29 is 0 Å². The third-order valence-electron chi connectivity index (χ3n) is 2.71.